The number of nitrogens with one attached hydrogen (secondary N) is 1. The Bertz CT molecular complexity index is 830. The molecule has 0 spiro atoms. The second-order valence-corrected chi connectivity index (χ2v) is 5.60. The maximum atomic E-state index is 9.94. The average Bonchev–Trinajstić information content (AvgIpc) is 2.93. The van der Waals surface area contributed by atoms with Crippen LogP contribution in [0, 0.1) is 6.92 Å². The lowest BCUT2D eigenvalue weighted by Gasteiger charge is -2.05. The zero-order valence-corrected chi connectivity index (χ0v) is 12.9. The van der Waals surface area contributed by atoms with Crippen LogP contribution < -0.4 is 0 Å². The topological polar surface area (TPSA) is 48.4 Å². The number of rotatable bonds is 4. The molecule has 2 N–H and O–H groups in total. The van der Waals surface area contributed by atoms with Gasteiger partial charge in [-0.15, -0.1) is 0 Å². The van der Waals surface area contributed by atoms with Crippen LogP contribution in [-0.4, -0.2) is 22.3 Å². The number of H-pyrrole nitrogens is 1. The molecule has 3 nitrogen and oxygen atoms in total. The molecule has 0 aliphatic carbocycles. The highest BCUT2D eigenvalue weighted by Gasteiger charge is 2.05. The van der Waals surface area contributed by atoms with Crippen LogP contribution in [-0.2, 0) is 6.42 Å². The lowest BCUT2D eigenvalue weighted by Crippen LogP contribution is -1.99. The number of phenols is 1. The van der Waals surface area contributed by atoms with E-state index >= 15 is 0 Å². The van der Waals surface area contributed by atoms with E-state index in [9.17, 15) is 5.11 Å². The van der Waals surface area contributed by atoms with Crippen LogP contribution in [0.1, 0.15) is 23.6 Å². The Balaban J connectivity index is 1.75. The molecule has 0 atom stereocenters. The monoisotopic (exact) mass is 292 g/mol. The van der Waals surface area contributed by atoms with Crippen LogP contribution in [0.2, 0.25) is 0 Å². The summed E-state index contributed by atoms with van der Waals surface area (Å²) in [5, 5.41) is 11.2. The van der Waals surface area contributed by atoms with Gasteiger partial charge in [0, 0.05) is 34.9 Å². The van der Waals surface area contributed by atoms with E-state index in [0.29, 0.717) is 12.3 Å². The lowest BCUT2D eigenvalue weighted by atomic mass is 10.1. The maximum absolute atomic E-state index is 9.94. The van der Waals surface area contributed by atoms with Gasteiger partial charge in [0.15, 0.2) is 0 Å². The zero-order valence-electron chi connectivity index (χ0n) is 12.9. The zero-order chi connectivity index (χ0) is 15.5. The van der Waals surface area contributed by atoms with Gasteiger partial charge < -0.3 is 10.1 Å². The molecule has 1 aromatic heterocycles. The molecule has 0 radical (unpaired) electrons. The summed E-state index contributed by atoms with van der Waals surface area (Å²) < 4.78 is 0. The van der Waals surface area contributed by atoms with Gasteiger partial charge in [-0.25, -0.2) is 0 Å². The van der Waals surface area contributed by atoms with Crippen molar-refractivity contribution in [1.82, 2.24) is 4.98 Å². The summed E-state index contributed by atoms with van der Waals surface area (Å²) in [6.07, 6.45) is 2.94. The summed E-state index contributed by atoms with van der Waals surface area (Å²) in [6, 6.07) is 13.9. The minimum Gasteiger partial charge on any atom is -0.507 e. The van der Waals surface area contributed by atoms with Crippen molar-refractivity contribution >= 4 is 16.6 Å². The Kier molecular flexibility index (Phi) is 3.96. The van der Waals surface area contributed by atoms with Crippen molar-refractivity contribution in [1.29, 1.82) is 0 Å². The Morgan fingerprint density at radius 1 is 1.18 bits per heavy atom. The summed E-state index contributed by atoms with van der Waals surface area (Å²) >= 11 is 0. The third-order valence-corrected chi connectivity index (χ3v) is 3.95. The minimum atomic E-state index is 0.291. The molecule has 0 aliphatic heterocycles. The van der Waals surface area contributed by atoms with Gasteiger partial charge >= 0.3 is 0 Å². The first-order chi connectivity index (χ1) is 10.6. The van der Waals surface area contributed by atoms with Gasteiger partial charge in [-0.05, 0) is 44.0 Å². The van der Waals surface area contributed by atoms with Gasteiger partial charge in [-0.1, -0.05) is 29.8 Å². The SMILES string of the molecule is CC(=NCCc1c[nH]c2ccccc12)c1cc(C)ccc1O. The first-order valence-corrected chi connectivity index (χ1v) is 7.51. The van der Waals surface area contributed by atoms with Crippen molar-refractivity contribution in [3.8, 4) is 5.75 Å². The standard InChI is InChI=1S/C19H20N2O/c1-13-7-8-19(22)17(11-13)14(2)20-10-9-15-12-21-18-6-4-3-5-16(15)18/h3-8,11-12,21-22H,9-10H2,1-2H3. The fraction of sp³-hybridized carbons (Fsp3) is 0.211. The maximum Gasteiger partial charge on any atom is 0.124 e. The third-order valence-electron chi connectivity index (χ3n) is 3.95. The van der Waals surface area contributed by atoms with Gasteiger partial charge in [0.05, 0.1) is 0 Å². The number of aliphatic imine (C=N–C) groups is 1. The van der Waals surface area contributed by atoms with E-state index in [2.05, 4.69) is 34.4 Å². The summed E-state index contributed by atoms with van der Waals surface area (Å²) in [7, 11) is 0. The van der Waals surface area contributed by atoms with Crippen LogP contribution in [0.3, 0.4) is 0 Å². The Morgan fingerprint density at radius 3 is 2.86 bits per heavy atom. The molecule has 3 rings (SSSR count). The molecule has 112 valence electrons. The van der Waals surface area contributed by atoms with Crippen LogP contribution in [0.15, 0.2) is 53.7 Å². The molecule has 0 fully saturated rings. The van der Waals surface area contributed by atoms with Crippen molar-refractivity contribution in [2.75, 3.05) is 6.54 Å². The van der Waals surface area contributed by atoms with Crippen molar-refractivity contribution in [2.45, 2.75) is 20.3 Å². The number of aromatic amines is 1. The normalized spacial score (nSPS) is 12.0. The smallest absolute Gasteiger partial charge is 0.124 e. The van der Waals surface area contributed by atoms with E-state index in [0.717, 1.165) is 28.8 Å². The Morgan fingerprint density at radius 2 is 2.00 bits per heavy atom. The highest BCUT2D eigenvalue weighted by atomic mass is 16.3. The predicted octanol–water partition coefficient (Wildman–Crippen LogP) is 4.23. The number of phenolic OH excluding ortho intramolecular Hbond substituents is 1. The highest BCUT2D eigenvalue weighted by Crippen LogP contribution is 2.20. The molecule has 0 aliphatic rings. The summed E-state index contributed by atoms with van der Waals surface area (Å²) in [5.41, 5.74) is 5.26. The number of aromatic hydroxyl groups is 1. The van der Waals surface area contributed by atoms with E-state index in [-0.39, 0.29) is 0 Å². The van der Waals surface area contributed by atoms with Crippen LogP contribution >= 0.6 is 0 Å². The van der Waals surface area contributed by atoms with E-state index in [4.69, 9.17) is 0 Å². The molecule has 1 heterocycles. The number of benzene rings is 2. The first kappa shape index (κ1) is 14.4. The second kappa shape index (κ2) is 6.06. The number of hydrogen-bond acceptors (Lipinski definition) is 2. The average molecular weight is 292 g/mol. The molecule has 0 amide bonds. The number of hydrogen-bond donors (Lipinski definition) is 2. The summed E-state index contributed by atoms with van der Waals surface area (Å²) in [5.74, 6) is 0.291. The van der Waals surface area contributed by atoms with E-state index in [1.54, 1.807) is 6.07 Å². The fourth-order valence-corrected chi connectivity index (χ4v) is 2.71. The fourth-order valence-electron chi connectivity index (χ4n) is 2.71. The molecule has 3 heteroatoms. The Hall–Kier alpha value is -2.55. The highest BCUT2D eigenvalue weighted by molar-refractivity contribution is 6.01. The van der Waals surface area contributed by atoms with E-state index in [1.807, 2.05) is 32.0 Å². The first-order valence-electron chi connectivity index (χ1n) is 7.51. The van der Waals surface area contributed by atoms with E-state index in [1.165, 1.54) is 10.9 Å². The van der Waals surface area contributed by atoms with Crippen molar-refractivity contribution in [3.05, 3.63) is 65.4 Å². The lowest BCUT2D eigenvalue weighted by molar-refractivity contribution is 0.474. The van der Waals surface area contributed by atoms with Gasteiger partial charge in [-0.3, -0.25) is 4.99 Å². The largest absolute Gasteiger partial charge is 0.507 e. The molecular formula is C19H20N2O. The molecule has 0 bridgehead atoms. The number of aryl methyl sites for hydroxylation is 1. The third kappa shape index (κ3) is 2.89. The van der Waals surface area contributed by atoms with Crippen molar-refractivity contribution in [2.24, 2.45) is 4.99 Å². The van der Waals surface area contributed by atoms with Crippen molar-refractivity contribution < 1.29 is 5.11 Å². The molecule has 22 heavy (non-hydrogen) atoms. The van der Waals surface area contributed by atoms with E-state index < -0.39 is 0 Å². The van der Waals surface area contributed by atoms with Crippen LogP contribution in [0.25, 0.3) is 10.9 Å². The molecule has 0 saturated heterocycles. The number of para-hydroxylation sites is 1. The minimum absolute atomic E-state index is 0.291. The Labute approximate surface area is 130 Å². The number of fused-ring (bicyclic) bond motifs is 1. The van der Waals surface area contributed by atoms with Gasteiger partial charge in [0.25, 0.3) is 0 Å². The molecule has 3 aromatic rings. The predicted molar refractivity (Wildman–Crippen MR) is 91.9 cm³/mol. The summed E-state index contributed by atoms with van der Waals surface area (Å²) in [6.45, 7) is 4.67. The van der Waals surface area contributed by atoms with Gasteiger partial charge in [0.1, 0.15) is 5.75 Å². The molecule has 0 saturated carbocycles. The quantitative estimate of drug-likeness (QED) is 0.694. The molecule has 0 unspecified atom stereocenters. The molecule has 2 aromatic carbocycles. The number of aromatic nitrogens is 1. The van der Waals surface area contributed by atoms with Gasteiger partial charge in [0.2, 0.25) is 0 Å². The van der Waals surface area contributed by atoms with Crippen LogP contribution in [0.5, 0.6) is 5.75 Å². The van der Waals surface area contributed by atoms with Crippen LogP contribution in [0.4, 0.5) is 0 Å². The number of nitrogens with zero attached hydrogens (tertiary/aromatic N) is 1. The molecular weight excluding hydrogens is 272 g/mol. The van der Waals surface area contributed by atoms with Gasteiger partial charge in [-0.2, -0.15) is 0 Å². The second-order valence-electron chi connectivity index (χ2n) is 5.60. The summed E-state index contributed by atoms with van der Waals surface area (Å²) in [4.78, 5) is 7.91. The van der Waals surface area contributed by atoms with Crippen molar-refractivity contribution in [3.63, 3.8) is 0 Å².